The molecule has 0 unspecified atom stereocenters. The van der Waals surface area contributed by atoms with Gasteiger partial charge in [0, 0.05) is 37.7 Å². The number of hydrogen-bond acceptors (Lipinski definition) is 5. The maximum Gasteiger partial charge on any atom is 0.416 e. The van der Waals surface area contributed by atoms with Crippen molar-refractivity contribution in [2.24, 2.45) is 23.2 Å². The number of carbonyl (C=O) groups is 1. The molecule has 6 rings (SSSR count). The highest BCUT2D eigenvalue weighted by Crippen LogP contribution is 2.60. The summed E-state index contributed by atoms with van der Waals surface area (Å²) in [6.07, 6.45) is 2.41. The van der Waals surface area contributed by atoms with E-state index in [2.05, 4.69) is 0 Å². The molecule has 4 saturated carbocycles. The van der Waals surface area contributed by atoms with E-state index in [4.69, 9.17) is 4.74 Å². The molecule has 0 N–H and O–H groups in total. The molecule has 1 heterocycles. The second-order valence-electron chi connectivity index (χ2n) is 10.4. The van der Waals surface area contributed by atoms with Crippen molar-refractivity contribution in [2.45, 2.75) is 44.7 Å². The Morgan fingerprint density at radius 3 is 2.15 bits per heavy atom. The maximum atomic E-state index is 13.0. The number of nitro benzene ring substituents is 1. The molecule has 4 bridgehead atoms. The summed E-state index contributed by atoms with van der Waals surface area (Å²) < 4.78 is 44.6. The van der Waals surface area contributed by atoms with Gasteiger partial charge in [0.2, 0.25) is 0 Å². The minimum Gasteiger partial charge on any atom is -0.449 e. The van der Waals surface area contributed by atoms with Crippen LogP contribution >= 0.6 is 0 Å². The van der Waals surface area contributed by atoms with Crippen LogP contribution in [0.1, 0.15) is 44.1 Å². The van der Waals surface area contributed by atoms with Crippen LogP contribution in [0.3, 0.4) is 0 Å². The van der Waals surface area contributed by atoms with Crippen molar-refractivity contribution in [2.75, 3.05) is 37.7 Å². The SMILES string of the molecule is O=C(OCC12CC3CC(CC(C3)C1)C2)N1CCN(c2ccc(C(F)(F)F)cc2[N+](=O)[O-])CC1. The molecule has 5 aliphatic rings. The van der Waals surface area contributed by atoms with Gasteiger partial charge in [-0.1, -0.05) is 0 Å². The topological polar surface area (TPSA) is 75.9 Å². The predicted octanol–water partition coefficient (Wildman–Crippen LogP) is 5.09. The Labute approximate surface area is 190 Å². The summed E-state index contributed by atoms with van der Waals surface area (Å²) in [5, 5.41) is 11.4. The Morgan fingerprint density at radius 2 is 1.64 bits per heavy atom. The highest BCUT2D eigenvalue weighted by molar-refractivity contribution is 5.69. The van der Waals surface area contributed by atoms with Crippen molar-refractivity contribution in [1.82, 2.24) is 4.90 Å². The van der Waals surface area contributed by atoms with Crippen molar-refractivity contribution in [3.63, 3.8) is 0 Å². The van der Waals surface area contributed by atoms with E-state index in [1.54, 1.807) is 9.80 Å². The van der Waals surface area contributed by atoms with Crippen molar-refractivity contribution in [3.8, 4) is 0 Å². The number of rotatable bonds is 4. The predicted molar refractivity (Wildman–Crippen MR) is 114 cm³/mol. The van der Waals surface area contributed by atoms with Gasteiger partial charge in [-0.2, -0.15) is 13.2 Å². The van der Waals surface area contributed by atoms with Gasteiger partial charge in [0.25, 0.3) is 5.69 Å². The molecule has 1 saturated heterocycles. The standard InChI is InChI=1S/C23H28F3N3O4/c24-23(25,26)18-1-2-19(20(10-18)29(31)32)27-3-5-28(6-4-27)21(30)33-14-22-11-15-7-16(12-22)9-17(8-15)13-22/h1-2,10,15-17H,3-9,11-14H2. The van der Waals surface area contributed by atoms with Gasteiger partial charge < -0.3 is 14.5 Å². The van der Waals surface area contributed by atoms with Gasteiger partial charge in [0.05, 0.1) is 17.1 Å². The first-order chi connectivity index (χ1) is 15.6. The lowest BCUT2D eigenvalue weighted by molar-refractivity contribution is -0.384. The zero-order valence-corrected chi connectivity index (χ0v) is 18.4. The molecule has 1 aromatic carbocycles. The van der Waals surface area contributed by atoms with E-state index < -0.39 is 22.4 Å². The summed E-state index contributed by atoms with van der Waals surface area (Å²) >= 11 is 0. The lowest BCUT2D eigenvalue weighted by atomic mass is 9.50. The van der Waals surface area contributed by atoms with Crippen molar-refractivity contribution < 1.29 is 27.6 Å². The molecule has 4 aliphatic carbocycles. The highest BCUT2D eigenvalue weighted by atomic mass is 19.4. The number of benzene rings is 1. The molecular weight excluding hydrogens is 439 g/mol. The molecule has 0 spiro atoms. The summed E-state index contributed by atoms with van der Waals surface area (Å²) in [5.74, 6) is 2.33. The lowest BCUT2D eigenvalue weighted by Gasteiger charge is -2.56. The lowest BCUT2D eigenvalue weighted by Crippen LogP contribution is -2.51. The third-order valence-electron chi connectivity index (χ3n) is 8.04. The molecule has 1 aliphatic heterocycles. The minimum atomic E-state index is -4.65. The second kappa shape index (κ2) is 8.06. The molecule has 5 fully saturated rings. The Morgan fingerprint density at radius 1 is 1.06 bits per heavy atom. The molecule has 1 aromatic rings. The van der Waals surface area contributed by atoms with Gasteiger partial charge in [-0.15, -0.1) is 0 Å². The van der Waals surface area contributed by atoms with Gasteiger partial charge in [0.1, 0.15) is 5.69 Å². The van der Waals surface area contributed by atoms with Crippen molar-refractivity contribution in [1.29, 1.82) is 0 Å². The summed E-state index contributed by atoms with van der Waals surface area (Å²) in [6, 6.07) is 2.57. The number of amides is 1. The smallest absolute Gasteiger partial charge is 0.416 e. The zero-order chi connectivity index (χ0) is 23.4. The number of ether oxygens (including phenoxy) is 1. The Bertz CT molecular complexity index is 908. The largest absolute Gasteiger partial charge is 0.449 e. The van der Waals surface area contributed by atoms with E-state index >= 15 is 0 Å². The molecule has 0 radical (unpaired) electrons. The number of nitro groups is 1. The quantitative estimate of drug-likeness (QED) is 0.456. The fourth-order valence-electron chi connectivity index (χ4n) is 7.02. The number of anilines is 1. The Hall–Kier alpha value is -2.52. The summed E-state index contributed by atoms with van der Waals surface area (Å²) in [4.78, 5) is 26.6. The van der Waals surface area contributed by atoms with Gasteiger partial charge in [-0.3, -0.25) is 10.1 Å². The number of hydrogen-bond donors (Lipinski definition) is 0. The third kappa shape index (κ3) is 4.36. The molecule has 1 amide bonds. The highest BCUT2D eigenvalue weighted by Gasteiger charge is 2.51. The second-order valence-corrected chi connectivity index (χ2v) is 10.4. The molecule has 33 heavy (non-hydrogen) atoms. The molecule has 10 heteroatoms. The summed E-state index contributed by atoms with van der Waals surface area (Å²) in [5.41, 5.74) is -1.37. The van der Waals surface area contributed by atoms with Crippen molar-refractivity contribution in [3.05, 3.63) is 33.9 Å². The molecule has 180 valence electrons. The molecule has 0 aromatic heterocycles. The van der Waals surface area contributed by atoms with E-state index in [9.17, 15) is 28.1 Å². The van der Waals surface area contributed by atoms with Crippen LogP contribution in [0.25, 0.3) is 0 Å². The van der Waals surface area contributed by atoms with E-state index in [-0.39, 0.29) is 17.2 Å². The summed E-state index contributed by atoms with van der Waals surface area (Å²) in [6.45, 7) is 1.65. The van der Waals surface area contributed by atoms with Gasteiger partial charge in [-0.05, 0) is 68.4 Å². The van der Waals surface area contributed by atoms with Gasteiger partial charge in [0.15, 0.2) is 0 Å². The normalized spacial score (nSPS) is 31.1. The Balaban J connectivity index is 1.18. The van der Waals surface area contributed by atoms with Crippen LogP contribution in [-0.2, 0) is 10.9 Å². The van der Waals surface area contributed by atoms with Gasteiger partial charge in [-0.25, -0.2) is 4.79 Å². The first-order valence-corrected chi connectivity index (χ1v) is 11.6. The number of nitrogens with zero attached hydrogens (tertiary/aromatic N) is 3. The van der Waals surface area contributed by atoms with E-state index in [0.717, 1.165) is 49.1 Å². The summed E-state index contributed by atoms with van der Waals surface area (Å²) in [7, 11) is 0. The van der Waals surface area contributed by atoms with Crippen LogP contribution in [0, 0.1) is 33.3 Å². The number of halogens is 3. The van der Waals surface area contributed by atoms with Crippen LogP contribution in [0.5, 0.6) is 0 Å². The third-order valence-corrected chi connectivity index (χ3v) is 8.04. The van der Waals surface area contributed by atoms with Crippen LogP contribution in [0.2, 0.25) is 0 Å². The average Bonchev–Trinajstić information content (AvgIpc) is 2.76. The maximum absolute atomic E-state index is 13.0. The minimum absolute atomic E-state index is 0.132. The van der Waals surface area contributed by atoms with Crippen LogP contribution in [0.15, 0.2) is 18.2 Å². The molecular formula is C23H28F3N3O4. The van der Waals surface area contributed by atoms with Crippen molar-refractivity contribution >= 4 is 17.5 Å². The number of alkyl halides is 3. The fourth-order valence-corrected chi connectivity index (χ4v) is 7.02. The molecule has 7 nitrogen and oxygen atoms in total. The molecule has 0 atom stereocenters. The number of piperazine rings is 1. The van der Waals surface area contributed by atoms with E-state index in [1.165, 1.54) is 19.3 Å². The average molecular weight is 467 g/mol. The zero-order valence-electron chi connectivity index (χ0n) is 18.4. The first kappa shape index (κ1) is 22.3. The van der Waals surface area contributed by atoms with Gasteiger partial charge >= 0.3 is 12.3 Å². The van der Waals surface area contributed by atoms with Crippen LogP contribution in [0.4, 0.5) is 29.3 Å². The van der Waals surface area contributed by atoms with E-state index in [0.29, 0.717) is 38.9 Å². The van der Waals surface area contributed by atoms with E-state index in [1.807, 2.05) is 0 Å². The van der Waals surface area contributed by atoms with Crippen LogP contribution in [-0.4, -0.2) is 48.7 Å². The fraction of sp³-hybridized carbons (Fsp3) is 0.696. The monoisotopic (exact) mass is 467 g/mol. The number of carbonyl (C=O) groups excluding carboxylic acids is 1. The van der Waals surface area contributed by atoms with Crippen LogP contribution < -0.4 is 4.90 Å². The first-order valence-electron chi connectivity index (χ1n) is 11.6. The Kier molecular flexibility index (Phi) is 5.44.